The lowest BCUT2D eigenvalue weighted by Crippen LogP contribution is -2.10. The lowest BCUT2D eigenvalue weighted by Gasteiger charge is -2.05. The van der Waals surface area contributed by atoms with Gasteiger partial charge in [-0.1, -0.05) is 18.2 Å². The van der Waals surface area contributed by atoms with Crippen LogP contribution in [0, 0.1) is 5.92 Å². The van der Waals surface area contributed by atoms with Crippen LogP contribution in [0.5, 0.6) is 0 Å². The first-order chi connectivity index (χ1) is 7.43. The van der Waals surface area contributed by atoms with E-state index in [2.05, 4.69) is 29.6 Å². The highest BCUT2D eigenvalue weighted by atomic mass is 32.1. The van der Waals surface area contributed by atoms with Crippen LogP contribution >= 0.6 is 11.3 Å². The summed E-state index contributed by atoms with van der Waals surface area (Å²) in [7, 11) is 0. The van der Waals surface area contributed by atoms with E-state index in [1.807, 2.05) is 11.3 Å². The highest BCUT2D eigenvalue weighted by Gasteiger charge is 2.38. The van der Waals surface area contributed by atoms with Crippen molar-refractivity contribution in [3.8, 4) is 0 Å². The fourth-order valence-corrected chi connectivity index (χ4v) is 4.57. The van der Waals surface area contributed by atoms with Gasteiger partial charge in [0.15, 0.2) is 0 Å². The summed E-state index contributed by atoms with van der Waals surface area (Å²) >= 11 is 2.02. The van der Waals surface area contributed by atoms with Crippen molar-refractivity contribution in [1.29, 1.82) is 0 Å². The van der Waals surface area contributed by atoms with Crippen LogP contribution in [0.3, 0.4) is 0 Å². The molecule has 2 atom stereocenters. The van der Waals surface area contributed by atoms with Crippen molar-refractivity contribution in [2.45, 2.75) is 12.3 Å². The molecule has 0 spiro atoms. The summed E-state index contributed by atoms with van der Waals surface area (Å²) in [6.45, 7) is 2.42. The van der Waals surface area contributed by atoms with E-state index in [9.17, 15) is 0 Å². The van der Waals surface area contributed by atoms with E-state index in [4.69, 9.17) is 0 Å². The van der Waals surface area contributed by atoms with Gasteiger partial charge in [0.25, 0.3) is 0 Å². The average molecular weight is 215 g/mol. The van der Waals surface area contributed by atoms with E-state index in [1.54, 1.807) is 10.4 Å². The first-order valence-electron chi connectivity index (χ1n) is 5.64. The monoisotopic (exact) mass is 215 g/mol. The zero-order valence-electron chi connectivity index (χ0n) is 8.49. The van der Waals surface area contributed by atoms with Crippen molar-refractivity contribution in [2.24, 2.45) is 5.92 Å². The van der Waals surface area contributed by atoms with Crippen molar-refractivity contribution in [2.75, 3.05) is 13.1 Å². The molecule has 2 aromatic rings. The smallest absolute Gasteiger partial charge is 0.0348 e. The predicted molar refractivity (Wildman–Crippen MR) is 64.6 cm³/mol. The van der Waals surface area contributed by atoms with E-state index in [0.29, 0.717) is 0 Å². The summed E-state index contributed by atoms with van der Waals surface area (Å²) in [6, 6.07) is 8.87. The Morgan fingerprint density at radius 1 is 1.20 bits per heavy atom. The Morgan fingerprint density at radius 2 is 2.13 bits per heavy atom. The third-order valence-corrected chi connectivity index (χ3v) is 5.22. The molecule has 2 unspecified atom stereocenters. The third-order valence-electron chi connectivity index (χ3n) is 3.87. The van der Waals surface area contributed by atoms with Crippen LogP contribution in [0.2, 0.25) is 0 Å². The lowest BCUT2D eigenvalue weighted by atomic mass is 10.0. The summed E-state index contributed by atoms with van der Waals surface area (Å²) in [5.41, 5.74) is 1.66. The number of thiophene rings is 1. The van der Waals surface area contributed by atoms with Gasteiger partial charge in [0.05, 0.1) is 0 Å². The standard InChI is InChI=1S/C13H13NS/c1-2-4-12-9(3-1)10-5-8-6-14-7-11(8)13(10)15-12/h1-4,8,11,14H,5-7H2. The molecule has 76 valence electrons. The van der Waals surface area contributed by atoms with Gasteiger partial charge >= 0.3 is 0 Å². The van der Waals surface area contributed by atoms with E-state index < -0.39 is 0 Å². The van der Waals surface area contributed by atoms with Gasteiger partial charge in [0, 0.05) is 22.0 Å². The molecule has 0 amide bonds. The minimum Gasteiger partial charge on any atom is -0.316 e. The molecule has 2 heteroatoms. The molecule has 4 rings (SSSR count). The number of fused-ring (bicyclic) bond motifs is 5. The van der Waals surface area contributed by atoms with E-state index >= 15 is 0 Å². The van der Waals surface area contributed by atoms with E-state index in [-0.39, 0.29) is 0 Å². The Kier molecular flexibility index (Phi) is 1.57. The molecule has 0 radical (unpaired) electrons. The lowest BCUT2D eigenvalue weighted by molar-refractivity contribution is 0.567. The zero-order chi connectivity index (χ0) is 9.83. The molecule has 2 heterocycles. The summed E-state index contributed by atoms with van der Waals surface area (Å²) < 4.78 is 1.48. The number of nitrogens with one attached hydrogen (secondary N) is 1. The van der Waals surface area contributed by atoms with Crippen molar-refractivity contribution in [3.63, 3.8) is 0 Å². The van der Waals surface area contributed by atoms with Crippen molar-refractivity contribution >= 4 is 21.4 Å². The topological polar surface area (TPSA) is 12.0 Å². The summed E-state index contributed by atoms with van der Waals surface area (Å²) in [4.78, 5) is 1.67. The molecule has 1 nitrogen and oxygen atoms in total. The SMILES string of the molecule is c1ccc2c3c(sc2c1)C1CNCC1C3. The fraction of sp³-hybridized carbons (Fsp3) is 0.385. The second kappa shape index (κ2) is 2.83. The maximum atomic E-state index is 3.52. The molecule has 1 N–H and O–H groups in total. The molecular formula is C13H13NS. The van der Waals surface area contributed by atoms with Gasteiger partial charge in [-0.15, -0.1) is 11.3 Å². The van der Waals surface area contributed by atoms with Crippen molar-refractivity contribution < 1.29 is 0 Å². The Hall–Kier alpha value is -0.860. The van der Waals surface area contributed by atoms with Crippen LogP contribution in [-0.2, 0) is 6.42 Å². The molecule has 2 aliphatic rings. The maximum Gasteiger partial charge on any atom is 0.0348 e. The second-order valence-electron chi connectivity index (χ2n) is 4.67. The number of rotatable bonds is 0. The Bertz CT molecular complexity index is 528. The normalized spacial score (nSPS) is 28.3. The quantitative estimate of drug-likeness (QED) is 0.712. The van der Waals surface area contributed by atoms with Gasteiger partial charge in [-0.2, -0.15) is 0 Å². The van der Waals surface area contributed by atoms with Crippen LogP contribution in [0.25, 0.3) is 10.1 Å². The van der Waals surface area contributed by atoms with Crippen LogP contribution in [0.1, 0.15) is 16.4 Å². The van der Waals surface area contributed by atoms with Gasteiger partial charge in [-0.05, 0) is 35.9 Å². The maximum absolute atomic E-state index is 3.52. The Morgan fingerprint density at radius 3 is 3.13 bits per heavy atom. The Labute approximate surface area is 93.1 Å². The molecule has 1 fully saturated rings. The second-order valence-corrected chi connectivity index (χ2v) is 5.75. The van der Waals surface area contributed by atoms with Gasteiger partial charge in [0.2, 0.25) is 0 Å². The van der Waals surface area contributed by atoms with Crippen molar-refractivity contribution in [3.05, 3.63) is 34.7 Å². The highest BCUT2D eigenvalue weighted by molar-refractivity contribution is 7.19. The fourth-order valence-electron chi connectivity index (χ4n) is 3.14. The molecule has 1 aliphatic heterocycles. The van der Waals surface area contributed by atoms with E-state index in [1.165, 1.54) is 29.6 Å². The highest BCUT2D eigenvalue weighted by Crippen LogP contribution is 2.47. The molecule has 0 bridgehead atoms. The van der Waals surface area contributed by atoms with Crippen molar-refractivity contribution in [1.82, 2.24) is 5.32 Å². The van der Waals surface area contributed by atoms with Gasteiger partial charge < -0.3 is 5.32 Å². The number of benzene rings is 1. The van der Waals surface area contributed by atoms with Gasteiger partial charge in [-0.3, -0.25) is 0 Å². The molecule has 1 aliphatic carbocycles. The molecular weight excluding hydrogens is 202 g/mol. The van der Waals surface area contributed by atoms with Crippen LogP contribution in [-0.4, -0.2) is 13.1 Å². The summed E-state index contributed by atoms with van der Waals surface area (Å²) in [6.07, 6.45) is 1.30. The van der Waals surface area contributed by atoms with Crippen LogP contribution < -0.4 is 5.32 Å². The van der Waals surface area contributed by atoms with Crippen LogP contribution in [0.15, 0.2) is 24.3 Å². The van der Waals surface area contributed by atoms with E-state index in [0.717, 1.165) is 11.8 Å². The first-order valence-corrected chi connectivity index (χ1v) is 6.46. The number of hydrogen-bond acceptors (Lipinski definition) is 2. The number of hydrogen-bond donors (Lipinski definition) is 1. The minimum absolute atomic E-state index is 0.817. The molecule has 1 aromatic carbocycles. The molecule has 1 aromatic heterocycles. The third kappa shape index (κ3) is 1.01. The zero-order valence-corrected chi connectivity index (χ0v) is 9.31. The predicted octanol–water partition coefficient (Wildman–Crippen LogP) is 2.76. The van der Waals surface area contributed by atoms with Crippen LogP contribution in [0.4, 0.5) is 0 Å². The summed E-state index contributed by atoms with van der Waals surface area (Å²) in [5.74, 6) is 1.70. The Balaban J connectivity index is 1.99. The largest absolute Gasteiger partial charge is 0.316 e. The average Bonchev–Trinajstić information content (AvgIpc) is 2.87. The first kappa shape index (κ1) is 8.31. The summed E-state index contributed by atoms with van der Waals surface area (Å²) in [5, 5.41) is 5.04. The van der Waals surface area contributed by atoms with Gasteiger partial charge in [0.1, 0.15) is 0 Å². The molecule has 0 saturated carbocycles. The minimum atomic E-state index is 0.817. The molecule has 15 heavy (non-hydrogen) atoms. The molecule has 1 saturated heterocycles. The van der Waals surface area contributed by atoms with Gasteiger partial charge in [-0.25, -0.2) is 0 Å².